The smallest absolute Gasteiger partial charge is 0.260 e. The summed E-state index contributed by atoms with van der Waals surface area (Å²) in [6.07, 6.45) is 0. The Labute approximate surface area is 212 Å². The molecule has 184 valence electrons. The highest BCUT2D eigenvalue weighted by molar-refractivity contribution is 5.86. The third-order valence-electron chi connectivity index (χ3n) is 6.73. The molecule has 1 aliphatic rings. The molecule has 2 heterocycles. The molecule has 1 amide bonds. The fourth-order valence-corrected chi connectivity index (χ4v) is 4.47. The van der Waals surface area contributed by atoms with Gasteiger partial charge >= 0.3 is 0 Å². The van der Waals surface area contributed by atoms with Crippen LogP contribution in [-0.2, 0) is 10.2 Å². The van der Waals surface area contributed by atoms with Crippen molar-refractivity contribution in [2.24, 2.45) is 0 Å². The van der Waals surface area contributed by atoms with Gasteiger partial charge in [-0.15, -0.1) is 10.2 Å². The molecule has 5 rings (SSSR count). The third kappa shape index (κ3) is 5.33. The number of hydrogen-bond acceptors (Lipinski definition) is 5. The zero-order valence-corrected chi connectivity index (χ0v) is 21.1. The van der Waals surface area contributed by atoms with Crippen LogP contribution < -0.4 is 9.64 Å². The molecule has 0 unspecified atom stereocenters. The van der Waals surface area contributed by atoms with E-state index in [1.165, 1.54) is 16.3 Å². The minimum absolute atomic E-state index is 0.00674. The van der Waals surface area contributed by atoms with Gasteiger partial charge in [0.2, 0.25) is 0 Å². The molecule has 1 fully saturated rings. The third-order valence-corrected chi connectivity index (χ3v) is 6.73. The van der Waals surface area contributed by atoms with E-state index in [4.69, 9.17) is 4.74 Å². The summed E-state index contributed by atoms with van der Waals surface area (Å²) in [4.78, 5) is 16.7. The lowest BCUT2D eigenvalue weighted by molar-refractivity contribution is -0.133. The van der Waals surface area contributed by atoms with Crippen LogP contribution in [0.2, 0.25) is 0 Å². The van der Waals surface area contributed by atoms with Gasteiger partial charge < -0.3 is 14.5 Å². The van der Waals surface area contributed by atoms with Crippen molar-refractivity contribution < 1.29 is 9.53 Å². The lowest BCUT2D eigenvalue weighted by Crippen LogP contribution is -2.50. The van der Waals surface area contributed by atoms with E-state index in [2.05, 4.69) is 78.3 Å². The first-order valence-electron chi connectivity index (χ1n) is 12.5. The van der Waals surface area contributed by atoms with Crippen LogP contribution >= 0.6 is 0 Å². The summed E-state index contributed by atoms with van der Waals surface area (Å²) in [6.45, 7) is 9.30. The molecule has 6 heteroatoms. The highest BCUT2D eigenvalue weighted by Crippen LogP contribution is 2.25. The largest absolute Gasteiger partial charge is 0.484 e. The second-order valence-corrected chi connectivity index (χ2v) is 10.3. The summed E-state index contributed by atoms with van der Waals surface area (Å²) in [5, 5.41) is 11.4. The van der Waals surface area contributed by atoms with Gasteiger partial charge in [-0.2, -0.15) is 0 Å². The zero-order valence-electron chi connectivity index (χ0n) is 21.1. The number of hydrogen-bond donors (Lipinski definition) is 0. The fraction of sp³-hybridized carbons (Fsp3) is 0.300. The van der Waals surface area contributed by atoms with Crippen molar-refractivity contribution in [2.45, 2.75) is 26.2 Å². The highest BCUT2D eigenvalue weighted by Gasteiger charge is 2.22. The van der Waals surface area contributed by atoms with Crippen molar-refractivity contribution in [3.05, 3.63) is 84.4 Å². The van der Waals surface area contributed by atoms with Crippen molar-refractivity contribution in [1.82, 2.24) is 15.1 Å². The number of amides is 1. The second-order valence-electron chi connectivity index (χ2n) is 10.3. The maximum absolute atomic E-state index is 12.7. The van der Waals surface area contributed by atoms with Gasteiger partial charge in [-0.05, 0) is 52.1 Å². The first kappa shape index (κ1) is 23.8. The van der Waals surface area contributed by atoms with E-state index < -0.39 is 0 Å². The van der Waals surface area contributed by atoms with E-state index in [1.807, 2.05) is 41.3 Å². The minimum Gasteiger partial charge on any atom is -0.484 e. The van der Waals surface area contributed by atoms with E-state index in [-0.39, 0.29) is 17.9 Å². The Balaban J connectivity index is 1.14. The van der Waals surface area contributed by atoms with Crippen LogP contribution in [0.25, 0.3) is 22.0 Å². The van der Waals surface area contributed by atoms with Gasteiger partial charge in [-0.1, -0.05) is 69.3 Å². The van der Waals surface area contributed by atoms with Crippen LogP contribution in [0.1, 0.15) is 26.3 Å². The molecule has 6 nitrogen and oxygen atoms in total. The van der Waals surface area contributed by atoms with Gasteiger partial charge in [0.15, 0.2) is 12.4 Å². The SMILES string of the molecule is CC(C)(C)c1ccc(OCC(=O)N2CCN(c3ccc(-c4ccc5ccccc5c4)nn3)CC2)cc1. The molecule has 3 aromatic carbocycles. The number of benzene rings is 3. The summed E-state index contributed by atoms with van der Waals surface area (Å²) >= 11 is 0. The van der Waals surface area contributed by atoms with Crippen molar-refractivity contribution in [1.29, 1.82) is 0 Å². The number of nitrogens with zero attached hydrogens (tertiary/aromatic N) is 4. The van der Waals surface area contributed by atoms with E-state index in [9.17, 15) is 4.79 Å². The molecule has 0 saturated carbocycles. The van der Waals surface area contributed by atoms with Crippen LogP contribution in [0, 0.1) is 0 Å². The average molecular weight is 481 g/mol. The zero-order chi connectivity index (χ0) is 25.1. The molecule has 0 spiro atoms. The number of fused-ring (bicyclic) bond motifs is 1. The highest BCUT2D eigenvalue weighted by atomic mass is 16.5. The summed E-state index contributed by atoms with van der Waals surface area (Å²) < 4.78 is 5.75. The van der Waals surface area contributed by atoms with Crippen LogP contribution in [-0.4, -0.2) is 53.8 Å². The Morgan fingerprint density at radius 3 is 2.22 bits per heavy atom. The topological polar surface area (TPSA) is 58.6 Å². The first-order chi connectivity index (χ1) is 17.4. The minimum atomic E-state index is 0.00674. The molecule has 0 aliphatic carbocycles. The van der Waals surface area contributed by atoms with Crippen LogP contribution in [0.15, 0.2) is 78.9 Å². The standard InChI is InChI=1S/C30H32N4O2/c1-30(2,3)25-10-12-26(13-11-25)36-21-29(35)34-18-16-33(17-19-34)28-15-14-27(31-32-28)24-9-8-22-6-4-5-7-23(22)20-24/h4-15,20H,16-19,21H2,1-3H3. The van der Waals surface area contributed by atoms with Gasteiger partial charge in [0, 0.05) is 31.7 Å². The first-order valence-corrected chi connectivity index (χ1v) is 12.5. The van der Waals surface area contributed by atoms with Crippen LogP contribution in [0.4, 0.5) is 5.82 Å². The summed E-state index contributed by atoms with van der Waals surface area (Å²) in [6, 6.07) is 26.7. The molecule has 1 aromatic heterocycles. The molecule has 0 bridgehead atoms. The Hall–Kier alpha value is -3.93. The fourth-order valence-electron chi connectivity index (χ4n) is 4.47. The van der Waals surface area contributed by atoms with E-state index in [1.54, 1.807) is 0 Å². The van der Waals surface area contributed by atoms with Gasteiger partial charge in [0.1, 0.15) is 5.75 Å². The Morgan fingerprint density at radius 1 is 0.833 bits per heavy atom. The predicted octanol–water partition coefficient (Wildman–Crippen LogP) is 5.32. The van der Waals surface area contributed by atoms with Gasteiger partial charge in [-0.25, -0.2) is 0 Å². The van der Waals surface area contributed by atoms with Crippen molar-refractivity contribution >= 4 is 22.5 Å². The van der Waals surface area contributed by atoms with Crippen molar-refractivity contribution in [3.8, 4) is 17.0 Å². The maximum atomic E-state index is 12.7. The van der Waals surface area contributed by atoms with Crippen molar-refractivity contribution in [3.63, 3.8) is 0 Å². The number of aromatic nitrogens is 2. The summed E-state index contributed by atoms with van der Waals surface area (Å²) in [7, 11) is 0. The lowest BCUT2D eigenvalue weighted by atomic mass is 9.87. The lowest BCUT2D eigenvalue weighted by Gasteiger charge is -2.35. The van der Waals surface area contributed by atoms with Gasteiger partial charge in [0.05, 0.1) is 5.69 Å². The van der Waals surface area contributed by atoms with E-state index in [0.717, 1.165) is 35.9 Å². The quantitative estimate of drug-likeness (QED) is 0.387. The summed E-state index contributed by atoms with van der Waals surface area (Å²) in [5.74, 6) is 1.56. The molecule has 0 N–H and O–H groups in total. The number of carbonyl (C=O) groups is 1. The van der Waals surface area contributed by atoms with Crippen molar-refractivity contribution in [2.75, 3.05) is 37.7 Å². The van der Waals surface area contributed by atoms with E-state index in [0.29, 0.717) is 13.1 Å². The molecule has 1 saturated heterocycles. The number of anilines is 1. The number of piperazine rings is 1. The average Bonchev–Trinajstić information content (AvgIpc) is 2.91. The molecular formula is C30H32N4O2. The maximum Gasteiger partial charge on any atom is 0.260 e. The Kier molecular flexibility index (Phi) is 6.59. The van der Waals surface area contributed by atoms with Crippen LogP contribution in [0.5, 0.6) is 5.75 Å². The van der Waals surface area contributed by atoms with Gasteiger partial charge in [0.25, 0.3) is 5.91 Å². The van der Waals surface area contributed by atoms with E-state index >= 15 is 0 Å². The Bertz CT molecular complexity index is 1340. The Morgan fingerprint density at radius 2 is 1.56 bits per heavy atom. The predicted molar refractivity (Wildman–Crippen MR) is 144 cm³/mol. The number of rotatable bonds is 5. The number of ether oxygens (including phenoxy) is 1. The second kappa shape index (κ2) is 9.97. The summed E-state index contributed by atoms with van der Waals surface area (Å²) in [5.41, 5.74) is 3.24. The molecule has 1 aliphatic heterocycles. The molecule has 4 aromatic rings. The molecule has 0 radical (unpaired) electrons. The number of carbonyl (C=O) groups excluding carboxylic acids is 1. The van der Waals surface area contributed by atoms with Gasteiger partial charge in [-0.3, -0.25) is 4.79 Å². The molecule has 0 atom stereocenters. The monoisotopic (exact) mass is 480 g/mol. The molecular weight excluding hydrogens is 448 g/mol. The van der Waals surface area contributed by atoms with Crippen LogP contribution in [0.3, 0.4) is 0 Å². The normalized spacial score (nSPS) is 14.2. The molecule has 36 heavy (non-hydrogen) atoms.